The van der Waals surface area contributed by atoms with Gasteiger partial charge in [0.15, 0.2) is 0 Å². The quantitative estimate of drug-likeness (QED) is 0.835. The number of rotatable bonds is 3. The zero-order valence-electron chi connectivity index (χ0n) is 16.0. The number of fused-ring (bicyclic) bond motifs is 2. The predicted octanol–water partition coefficient (Wildman–Crippen LogP) is 3.75. The molecule has 1 saturated carbocycles. The van der Waals surface area contributed by atoms with E-state index >= 15 is 0 Å². The van der Waals surface area contributed by atoms with Crippen molar-refractivity contribution < 1.29 is 4.79 Å². The Morgan fingerprint density at radius 2 is 1.93 bits per heavy atom. The third-order valence-corrected chi connectivity index (χ3v) is 6.81. The highest BCUT2D eigenvalue weighted by Crippen LogP contribution is 2.34. The molecule has 140 valence electrons. The Hall–Kier alpha value is -2.20. The normalized spacial score (nSPS) is 22.9. The number of benzene rings is 1. The molecule has 1 amide bonds. The van der Waals surface area contributed by atoms with E-state index in [1.807, 2.05) is 17.2 Å². The van der Waals surface area contributed by atoms with Crippen molar-refractivity contribution in [3.05, 3.63) is 64.5 Å². The first-order valence-corrected chi connectivity index (χ1v) is 10.3. The van der Waals surface area contributed by atoms with E-state index in [0.717, 1.165) is 30.0 Å². The Bertz CT molecular complexity index is 874. The SMILES string of the molecule is CC1c2cnccc2C(=O)N1Cc1ccc2c(c1)CCN(C1CCC1)CC2. The minimum absolute atomic E-state index is 0.0918. The first-order chi connectivity index (χ1) is 13.2. The van der Waals surface area contributed by atoms with Gasteiger partial charge in [-0.05, 0) is 55.4 Å². The van der Waals surface area contributed by atoms with Crippen molar-refractivity contribution in [3.8, 4) is 0 Å². The first kappa shape index (κ1) is 16.9. The molecule has 1 aromatic carbocycles. The summed E-state index contributed by atoms with van der Waals surface area (Å²) in [6.07, 6.45) is 10.00. The van der Waals surface area contributed by atoms with Crippen LogP contribution in [0.25, 0.3) is 0 Å². The minimum Gasteiger partial charge on any atom is -0.327 e. The zero-order valence-corrected chi connectivity index (χ0v) is 16.0. The largest absolute Gasteiger partial charge is 0.327 e. The number of nitrogens with zero attached hydrogens (tertiary/aromatic N) is 3. The topological polar surface area (TPSA) is 36.4 Å². The Kier molecular flexibility index (Phi) is 4.24. The van der Waals surface area contributed by atoms with Crippen LogP contribution >= 0.6 is 0 Å². The summed E-state index contributed by atoms with van der Waals surface area (Å²) in [5.41, 5.74) is 6.07. The molecule has 1 aromatic heterocycles. The number of carbonyl (C=O) groups is 1. The number of amides is 1. The molecule has 3 aliphatic rings. The minimum atomic E-state index is 0.0918. The summed E-state index contributed by atoms with van der Waals surface area (Å²) in [6, 6.07) is 9.64. The second kappa shape index (κ2) is 6.75. The molecule has 1 fully saturated rings. The molecule has 1 aliphatic carbocycles. The van der Waals surface area contributed by atoms with Gasteiger partial charge in [0, 0.05) is 49.2 Å². The zero-order chi connectivity index (χ0) is 18.4. The highest BCUT2D eigenvalue weighted by atomic mass is 16.2. The number of hydrogen-bond donors (Lipinski definition) is 0. The van der Waals surface area contributed by atoms with Crippen LogP contribution in [0.15, 0.2) is 36.7 Å². The lowest BCUT2D eigenvalue weighted by atomic mass is 9.91. The fourth-order valence-corrected chi connectivity index (χ4v) is 4.85. The standard InChI is InChI=1S/C23H27N3O/c1-16-22-14-24-10-7-21(22)23(27)26(16)15-17-5-6-18-8-11-25(20-3-2-4-20)12-9-19(18)13-17/h5-7,10,13-14,16,20H,2-4,8-9,11-12,15H2,1H3. The molecule has 3 heterocycles. The van der Waals surface area contributed by atoms with Crippen LogP contribution < -0.4 is 0 Å². The summed E-state index contributed by atoms with van der Waals surface area (Å²) in [7, 11) is 0. The van der Waals surface area contributed by atoms with Crippen LogP contribution in [0.4, 0.5) is 0 Å². The smallest absolute Gasteiger partial charge is 0.255 e. The van der Waals surface area contributed by atoms with Crippen molar-refractivity contribution in [1.82, 2.24) is 14.8 Å². The molecular weight excluding hydrogens is 334 g/mol. The number of carbonyl (C=O) groups excluding carboxylic acids is 1. The van der Waals surface area contributed by atoms with E-state index in [1.54, 1.807) is 6.20 Å². The molecule has 0 spiro atoms. The molecule has 5 rings (SSSR count). The van der Waals surface area contributed by atoms with Crippen LogP contribution in [0.2, 0.25) is 0 Å². The first-order valence-electron chi connectivity index (χ1n) is 10.3. The lowest BCUT2D eigenvalue weighted by Gasteiger charge is -2.36. The molecular formula is C23H27N3O. The van der Waals surface area contributed by atoms with E-state index in [9.17, 15) is 4.79 Å². The van der Waals surface area contributed by atoms with Crippen LogP contribution in [0.5, 0.6) is 0 Å². The second-order valence-electron chi connectivity index (χ2n) is 8.30. The maximum absolute atomic E-state index is 12.8. The third kappa shape index (κ3) is 2.96. The summed E-state index contributed by atoms with van der Waals surface area (Å²) >= 11 is 0. The van der Waals surface area contributed by atoms with Gasteiger partial charge in [-0.25, -0.2) is 0 Å². The van der Waals surface area contributed by atoms with Crippen LogP contribution in [0.3, 0.4) is 0 Å². The number of aromatic nitrogens is 1. The molecule has 0 bridgehead atoms. The van der Waals surface area contributed by atoms with E-state index in [0.29, 0.717) is 6.54 Å². The predicted molar refractivity (Wildman–Crippen MR) is 106 cm³/mol. The van der Waals surface area contributed by atoms with Crippen molar-refractivity contribution in [1.29, 1.82) is 0 Å². The van der Waals surface area contributed by atoms with Crippen molar-refractivity contribution >= 4 is 5.91 Å². The average molecular weight is 361 g/mol. The molecule has 0 radical (unpaired) electrons. The molecule has 1 unspecified atom stereocenters. The molecule has 1 atom stereocenters. The summed E-state index contributed by atoms with van der Waals surface area (Å²) < 4.78 is 0. The van der Waals surface area contributed by atoms with Gasteiger partial charge < -0.3 is 4.90 Å². The van der Waals surface area contributed by atoms with E-state index < -0.39 is 0 Å². The fraction of sp³-hybridized carbons (Fsp3) is 0.478. The van der Waals surface area contributed by atoms with E-state index in [1.165, 1.54) is 49.0 Å². The van der Waals surface area contributed by atoms with Gasteiger partial charge in [0.05, 0.1) is 6.04 Å². The van der Waals surface area contributed by atoms with E-state index in [2.05, 4.69) is 35.0 Å². The third-order valence-electron chi connectivity index (χ3n) is 6.81. The van der Waals surface area contributed by atoms with Crippen LogP contribution in [0, 0.1) is 0 Å². The second-order valence-corrected chi connectivity index (χ2v) is 8.30. The lowest BCUT2D eigenvalue weighted by molar-refractivity contribution is 0.0723. The molecule has 27 heavy (non-hydrogen) atoms. The molecule has 0 saturated heterocycles. The molecule has 2 aliphatic heterocycles. The van der Waals surface area contributed by atoms with E-state index in [-0.39, 0.29) is 11.9 Å². The monoisotopic (exact) mass is 361 g/mol. The van der Waals surface area contributed by atoms with E-state index in [4.69, 9.17) is 0 Å². The van der Waals surface area contributed by atoms with Gasteiger partial charge in [0.2, 0.25) is 0 Å². The number of hydrogen-bond acceptors (Lipinski definition) is 3. The van der Waals surface area contributed by atoms with Crippen molar-refractivity contribution in [2.24, 2.45) is 0 Å². The summed E-state index contributed by atoms with van der Waals surface area (Å²) in [5.74, 6) is 0.131. The molecule has 2 aromatic rings. The summed E-state index contributed by atoms with van der Waals surface area (Å²) in [6.45, 7) is 5.15. The maximum Gasteiger partial charge on any atom is 0.255 e. The Morgan fingerprint density at radius 3 is 2.67 bits per heavy atom. The highest BCUT2D eigenvalue weighted by molar-refractivity contribution is 5.98. The fourth-order valence-electron chi connectivity index (χ4n) is 4.85. The van der Waals surface area contributed by atoms with Crippen molar-refractivity contribution in [2.75, 3.05) is 13.1 Å². The highest BCUT2D eigenvalue weighted by Gasteiger charge is 2.34. The van der Waals surface area contributed by atoms with Gasteiger partial charge in [-0.2, -0.15) is 0 Å². The molecule has 0 N–H and O–H groups in total. The Balaban J connectivity index is 1.33. The van der Waals surface area contributed by atoms with Crippen molar-refractivity contribution in [2.45, 2.75) is 57.7 Å². The number of pyridine rings is 1. The van der Waals surface area contributed by atoms with Crippen LogP contribution in [-0.4, -0.2) is 39.8 Å². The molecule has 4 nitrogen and oxygen atoms in total. The van der Waals surface area contributed by atoms with Gasteiger partial charge in [0.1, 0.15) is 0 Å². The van der Waals surface area contributed by atoms with Gasteiger partial charge in [-0.15, -0.1) is 0 Å². The molecule has 4 heteroatoms. The van der Waals surface area contributed by atoms with Gasteiger partial charge in [-0.1, -0.05) is 24.6 Å². The summed E-state index contributed by atoms with van der Waals surface area (Å²) in [4.78, 5) is 21.7. The van der Waals surface area contributed by atoms with Crippen LogP contribution in [-0.2, 0) is 19.4 Å². The average Bonchev–Trinajstić information content (AvgIpc) is 2.79. The lowest BCUT2D eigenvalue weighted by Crippen LogP contribution is -2.41. The summed E-state index contributed by atoms with van der Waals surface area (Å²) in [5, 5.41) is 0. The van der Waals surface area contributed by atoms with Gasteiger partial charge in [0.25, 0.3) is 5.91 Å². The maximum atomic E-state index is 12.8. The van der Waals surface area contributed by atoms with Crippen molar-refractivity contribution in [3.63, 3.8) is 0 Å². The Morgan fingerprint density at radius 1 is 1.11 bits per heavy atom. The Labute approximate surface area is 161 Å². The van der Waals surface area contributed by atoms with Gasteiger partial charge >= 0.3 is 0 Å². The van der Waals surface area contributed by atoms with Crippen LogP contribution in [0.1, 0.15) is 64.8 Å². The van der Waals surface area contributed by atoms with Gasteiger partial charge in [-0.3, -0.25) is 14.7 Å².